The number of amides is 1. The second-order valence-corrected chi connectivity index (χ2v) is 4.06. The summed E-state index contributed by atoms with van der Waals surface area (Å²) in [7, 11) is 0. The minimum absolute atomic E-state index is 0.116. The average Bonchev–Trinajstić information content (AvgIpc) is 2.25. The summed E-state index contributed by atoms with van der Waals surface area (Å²) in [4.78, 5) is 10.8. The highest BCUT2D eigenvalue weighted by Gasteiger charge is 2.05. The van der Waals surface area contributed by atoms with Crippen LogP contribution < -0.4 is 5.73 Å². The molecule has 0 spiro atoms. The number of rotatable bonds is 4. The zero-order chi connectivity index (χ0) is 13.0. The van der Waals surface area contributed by atoms with Gasteiger partial charge in [0.2, 0.25) is 5.91 Å². The second kappa shape index (κ2) is 5.39. The van der Waals surface area contributed by atoms with E-state index >= 15 is 0 Å². The summed E-state index contributed by atoms with van der Waals surface area (Å²) in [5.41, 5.74) is 7.49. The second-order valence-electron chi connectivity index (χ2n) is 4.06. The van der Waals surface area contributed by atoms with Crippen molar-refractivity contribution < 1.29 is 15.0 Å². The van der Waals surface area contributed by atoms with E-state index in [0.29, 0.717) is 18.4 Å². The Hall–Kier alpha value is -1.97. The third-order valence-electron chi connectivity index (χ3n) is 2.69. The molecular weight excluding hydrogens is 218 g/mol. The molecule has 0 bridgehead atoms. The van der Waals surface area contributed by atoms with Crippen LogP contribution in [0.15, 0.2) is 23.8 Å². The lowest BCUT2D eigenvalue weighted by atomic mass is 10.0. The zero-order valence-corrected chi connectivity index (χ0v) is 10.0. The van der Waals surface area contributed by atoms with Crippen molar-refractivity contribution in [2.75, 3.05) is 0 Å². The molecule has 92 valence electrons. The lowest BCUT2D eigenvalue weighted by molar-refractivity contribution is -0.114. The minimum Gasteiger partial charge on any atom is -0.504 e. The van der Waals surface area contributed by atoms with E-state index in [9.17, 15) is 15.0 Å². The summed E-state index contributed by atoms with van der Waals surface area (Å²) in [6, 6.07) is 3.06. The van der Waals surface area contributed by atoms with Crippen LogP contribution in [-0.4, -0.2) is 16.1 Å². The van der Waals surface area contributed by atoms with Crippen molar-refractivity contribution in [2.45, 2.75) is 26.7 Å². The van der Waals surface area contributed by atoms with Crippen molar-refractivity contribution in [3.8, 4) is 11.5 Å². The fourth-order valence-corrected chi connectivity index (χ4v) is 1.54. The van der Waals surface area contributed by atoms with E-state index in [1.807, 2.05) is 6.92 Å². The summed E-state index contributed by atoms with van der Waals surface area (Å²) >= 11 is 0. The fourth-order valence-electron chi connectivity index (χ4n) is 1.54. The first-order chi connectivity index (χ1) is 7.91. The van der Waals surface area contributed by atoms with Gasteiger partial charge in [0.1, 0.15) is 0 Å². The molecule has 0 fully saturated rings. The minimum atomic E-state index is -0.421. The van der Waals surface area contributed by atoms with E-state index < -0.39 is 5.91 Å². The number of phenolic OH excluding ortho intramolecular Hbond substituents is 2. The van der Waals surface area contributed by atoms with Crippen molar-refractivity contribution in [2.24, 2.45) is 5.73 Å². The molecule has 17 heavy (non-hydrogen) atoms. The van der Waals surface area contributed by atoms with Crippen LogP contribution in [0.5, 0.6) is 11.5 Å². The molecule has 1 rings (SSSR count). The summed E-state index contributed by atoms with van der Waals surface area (Å²) in [6.45, 7) is 3.53. The molecule has 0 aliphatic heterocycles. The van der Waals surface area contributed by atoms with Crippen LogP contribution in [-0.2, 0) is 11.2 Å². The molecule has 4 heteroatoms. The Morgan fingerprint density at radius 2 is 1.94 bits per heavy atom. The van der Waals surface area contributed by atoms with Gasteiger partial charge in [-0.25, -0.2) is 0 Å². The highest BCUT2D eigenvalue weighted by molar-refractivity contribution is 5.91. The number of carbonyl (C=O) groups is 1. The molecule has 0 radical (unpaired) electrons. The Morgan fingerprint density at radius 3 is 2.53 bits per heavy atom. The molecule has 0 unspecified atom stereocenters. The quantitative estimate of drug-likeness (QED) is 0.549. The van der Waals surface area contributed by atoms with Crippen molar-refractivity contribution in [3.05, 3.63) is 34.9 Å². The highest BCUT2D eigenvalue weighted by Crippen LogP contribution is 2.28. The van der Waals surface area contributed by atoms with E-state index in [1.165, 1.54) is 12.1 Å². The van der Waals surface area contributed by atoms with E-state index in [-0.39, 0.29) is 11.5 Å². The van der Waals surface area contributed by atoms with Gasteiger partial charge in [-0.05, 0) is 49.9 Å². The standard InChI is InChI=1S/C13H17NO3/c1-8(13(14)17)4-3-5-10-7-12(16)11(15)6-9(10)2/h4,6-7,15-16H,3,5H2,1-2H3,(H2,14,17)/b8-4+. The first-order valence-electron chi connectivity index (χ1n) is 5.40. The summed E-state index contributed by atoms with van der Waals surface area (Å²) in [6.07, 6.45) is 3.12. The van der Waals surface area contributed by atoms with Crippen LogP contribution in [0.25, 0.3) is 0 Å². The lowest BCUT2D eigenvalue weighted by Crippen LogP contribution is -2.11. The Labute approximate surface area is 100 Å². The van der Waals surface area contributed by atoms with Gasteiger partial charge in [-0.2, -0.15) is 0 Å². The summed E-state index contributed by atoms with van der Waals surface area (Å²) in [5.74, 6) is -0.661. The van der Waals surface area contributed by atoms with E-state index in [4.69, 9.17) is 5.73 Å². The normalized spacial score (nSPS) is 11.5. The third-order valence-corrected chi connectivity index (χ3v) is 2.69. The van der Waals surface area contributed by atoms with Crippen LogP contribution in [0.1, 0.15) is 24.5 Å². The Morgan fingerprint density at radius 1 is 1.35 bits per heavy atom. The first kappa shape index (κ1) is 13.1. The van der Waals surface area contributed by atoms with Gasteiger partial charge in [-0.15, -0.1) is 0 Å². The number of allylic oxidation sites excluding steroid dienone is 1. The van der Waals surface area contributed by atoms with Crippen LogP contribution in [0.4, 0.5) is 0 Å². The molecule has 0 heterocycles. The Kier molecular flexibility index (Phi) is 4.15. The van der Waals surface area contributed by atoms with Crippen LogP contribution in [0.3, 0.4) is 0 Å². The predicted molar refractivity (Wildman–Crippen MR) is 65.8 cm³/mol. The van der Waals surface area contributed by atoms with E-state index in [0.717, 1.165) is 11.1 Å². The Bertz CT molecular complexity index is 464. The molecule has 1 aromatic rings. The maximum Gasteiger partial charge on any atom is 0.244 e. The van der Waals surface area contributed by atoms with E-state index in [1.54, 1.807) is 13.0 Å². The number of hydrogen-bond donors (Lipinski definition) is 3. The molecule has 1 amide bonds. The van der Waals surface area contributed by atoms with Crippen molar-refractivity contribution in [1.29, 1.82) is 0 Å². The van der Waals surface area contributed by atoms with Crippen molar-refractivity contribution in [3.63, 3.8) is 0 Å². The molecule has 4 N–H and O–H groups in total. The molecule has 0 aliphatic rings. The van der Waals surface area contributed by atoms with Gasteiger partial charge in [0, 0.05) is 5.57 Å². The zero-order valence-electron chi connectivity index (χ0n) is 10.0. The van der Waals surface area contributed by atoms with Gasteiger partial charge in [0.15, 0.2) is 11.5 Å². The number of benzene rings is 1. The molecule has 0 saturated carbocycles. The predicted octanol–water partition coefficient (Wildman–Crippen LogP) is 1.77. The number of aryl methyl sites for hydroxylation is 2. The molecule has 0 aliphatic carbocycles. The van der Waals surface area contributed by atoms with Crippen LogP contribution in [0.2, 0.25) is 0 Å². The molecular formula is C13H17NO3. The maximum absolute atomic E-state index is 10.8. The first-order valence-corrected chi connectivity index (χ1v) is 5.40. The van der Waals surface area contributed by atoms with Gasteiger partial charge in [-0.1, -0.05) is 6.08 Å². The largest absolute Gasteiger partial charge is 0.504 e. The van der Waals surface area contributed by atoms with E-state index in [2.05, 4.69) is 0 Å². The number of aromatic hydroxyl groups is 2. The Balaban J connectivity index is 2.74. The van der Waals surface area contributed by atoms with Crippen molar-refractivity contribution >= 4 is 5.91 Å². The molecule has 0 atom stereocenters. The number of primary amides is 1. The highest BCUT2D eigenvalue weighted by atomic mass is 16.3. The lowest BCUT2D eigenvalue weighted by Gasteiger charge is -2.06. The SMILES string of the molecule is C/C(=C\CCc1cc(O)c(O)cc1C)C(N)=O. The molecule has 0 aromatic heterocycles. The summed E-state index contributed by atoms with van der Waals surface area (Å²) in [5, 5.41) is 18.7. The van der Waals surface area contributed by atoms with Gasteiger partial charge in [0.05, 0.1) is 0 Å². The number of hydrogen-bond acceptors (Lipinski definition) is 3. The monoisotopic (exact) mass is 235 g/mol. The number of carbonyl (C=O) groups excluding carboxylic acids is 1. The molecule has 4 nitrogen and oxygen atoms in total. The molecule has 0 saturated heterocycles. The topological polar surface area (TPSA) is 83.6 Å². The van der Waals surface area contributed by atoms with Crippen LogP contribution in [0, 0.1) is 6.92 Å². The smallest absolute Gasteiger partial charge is 0.244 e. The average molecular weight is 235 g/mol. The van der Waals surface area contributed by atoms with Crippen molar-refractivity contribution in [1.82, 2.24) is 0 Å². The fraction of sp³-hybridized carbons (Fsp3) is 0.308. The van der Waals surface area contributed by atoms with Gasteiger partial charge >= 0.3 is 0 Å². The van der Waals surface area contributed by atoms with Gasteiger partial charge in [0.25, 0.3) is 0 Å². The molecule has 1 aromatic carbocycles. The summed E-state index contributed by atoms with van der Waals surface area (Å²) < 4.78 is 0. The maximum atomic E-state index is 10.8. The third kappa shape index (κ3) is 3.52. The number of nitrogens with two attached hydrogens (primary N) is 1. The van der Waals surface area contributed by atoms with Gasteiger partial charge in [-0.3, -0.25) is 4.79 Å². The van der Waals surface area contributed by atoms with Crippen LogP contribution >= 0.6 is 0 Å². The van der Waals surface area contributed by atoms with Gasteiger partial charge < -0.3 is 15.9 Å². The number of phenols is 2.